The lowest BCUT2D eigenvalue weighted by atomic mass is 9.96. The van der Waals surface area contributed by atoms with E-state index in [0.717, 1.165) is 24.3 Å². The standard InChI is InChI=1S/C21H13BrCl2F7NO2/c22-14-5-10(1-3-12(14)17(33)9-32-18(34)8-20(26,27)28)2-4-13(21(29,30)31)11-6-15(23)19(25)16(24)7-11/h1-7,13H,8-9H2,(H,32,34)/b4-2+. The van der Waals surface area contributed by atoms with Gasteiger partial charge in [-0.1, -0.05) is 57.4 Å². The van der Waals surface area contributed by atoms with Gasteiger partial charge in [-0.05, 0) is 35.4 Å². The third-order valence-corrected chi connectivity index (χ3v) is 5.51. The largest absolute Gasteiger partial charge is 0.399 e. The van der Waals surface area contributed by atoms with Crippen LogP contribution in [-0.4, -0.2) is 30.6 Å². The second-order valence-corrected chi connectivity index (χ2v) is 8.58. The van der Waals surface area contributed by atoms with Crippen LogP contribution in [-0.2, 0) is 4.79 Å². The van der Waals surface area contributed by atoms with Crippen molar-refractivity contribution in [1.82, 2.24) is 5.32 Å². The van der Waals surface area contributed by atoms with Crippen LogP contribution in [0, 0.1) is 5.82 Å². The van der Waals surface area contributed by atoms with E-state index in [4.69, 9.17) is 23.2 Å². The van der Waals surface area contributed by atoms with Crippen molar-refractivity contribution in [2.24, 2.45) is 0 Å². The minimum atomic E-state index is -4.76. The van der Waals surface area contributed by atoms with Crippen LogP contribution in [0.4, 0.5) is 30.7 Å². The van der Waals surface area contributed by atoms with Gasteiger partial charge in [-0.3, -0.25) is 9.59 Å². The highest BCUT2D eigenvalue weighted by molar-refractivity contribution is 9.10. The van der Waals surface area contributed by atoms with E-state index in [9.17, 15) is 40.3 Å². The van der Waals surface area contributed by atoms with Crippen molar-refractivity contribution in [3.05, 3.63) is 73.4 Å². The number of carbonyl (C=O) groups is 2. The van der Waals surface area contributed by atoms with E-state index in [1.807, 2.05) is 5.32 Å². The van der Waals surface area contributed by atoms with Crippen molar-refractivity contribution in [3.8, 4) is 0 Å². The topological polar surface area (TPSA) is 46.2 Å². The van der Waals surface area contributed by atoms with Gasteiger partial charge in [0.05, 0.1) is 22.5 Å². The van der Waals surface area contributed by atoms with Gasteiger partial charge in [0.25, 0.3) is 0 Å². The molecule has 1 N–H and O–H groups in total. The molecule has 0 saturated heterocycles. The van der Waals surface area contributed by atoms with Crippen LogP contribution in [0.15, 0.2) is 40.9 Å². The first-order chi connectivity index (χ1) is 15.6. The molecule has 1 amide bonds. The molecule has 3 nitrogen and oxygen atoms in total. The SMILES string of the molecule is O=C(CC(F)(F)F)NCC(=O)c1ccc(/C=C/C(c2cc(Cl)c(F)c(Cl)c2)C(F)(F)F)cc1Br. The summed E-state index contributed by atoms with van der Waals surface area (Å²) in [5.74, 6) is -5.32. The second kappa shape index (κ2) is 11.1. The molecule has 34 heavy (non-hydrogen) atoms. The maximum absolute atomic E-state index is 13.6. The summed E-state index contributed by atoms with van der Waals surface area (Å²) in [5, 5.41) is 0.708. The normalized spacial score (nSPS) is 13.2. The first-order valence-corrected chi connectivity index (χ1v) is 10.7. The number of carbonyl (C=O) groups excluding carboxylic acids is 2. The van der Waals surface area contributed by atoms with Crippen molar-refractivity contribution in [3.63, 3.8) is 0 Å². The number of Topliss-reactive ketones (excluding diaryl/α,β-unsaturated/α-hetero) is 1. The lowest BCUT2D eigenvalue weighted by Crippen LogP contribution is -2.32. The molecule has 2 rings (SSSR count). The molecule has 0 aromatic heterocycles. The Morgan fingerprint density at radius 3 is 2.12 bits per heavy atom. The molecule has 0 aliphatic carbocycles. The van der Waals surface area contributed by atoms with E-state index in [1.54, 1.807) is 0 Å². The minimum absolute atomic E-state index is 0.00562. The monoisotopic (exact) mass is 593 g/mol. The predicted octanol–water partition coefficient (Wildman–Crippen LogP) is 7.51. The number of nitrogens with one attached hydrogen (secondary N) is 1. The quantitative estimate of drug-likeness (QED) is 0.205. The Bertz CT molecular complexity index is 1090. The molecule has 0 aliphatic heterocycles. The fourth-order valence-corrected chi connectivity index (χ4v) is 3.87. The Morgan fingerprint density at radius 1 is 1.03 bits per heavy atom. The molecule has 2 aromatic carbocycles. The number of allylic oxidation sites excluding steroid dienone is 1. The van der Waals surface area contributed by atoms with Crippen molar-refractivity contribution >= 4 is 56.9 Å². The van der Waals surface area contributed by atoms with Gasteiger partial charge in [-0.15, -0.1) is 0 Å². The van der Waals surface area contributed by atoms with Gasteiger partial charge in [0.1, 0.15) is 6.42 Å². The fraction of sp³-hybridized carbons (Fsp3) is 0.238. The summed E-state index contributed by atoms with van der Waals surface area (Å²) in [6.45, 7) is -0.703. The van der Waals surface area contributed by atoms with E-state index < -0.39 is 58.8 Å². The molecule has 0 saturated carbocycles. The third kappa shape index (κ3) is 7.99. The van der Waals surface area contributed by atoms with E-state index in [0.29, 0.717) is 0 Å². The van der Waals surface area contributed by atoms with Crippen LogP contribution in [0.2, 0.25) is 10.0 Å². The Morgan fingerprint density at radius 2 is 1.62 bits per heavy atom. The highest BCUT2D eigenvalue weighted by atomic mass is 79.9. The van der Waals surface area contributed by atoms with Gasteiger partial charge < -0.3 is 5.32 Å². The molecule has 0 radical (unpaired) electrons. The molecule has 0 spiro atoms. The zero-order valence-electron chi connectivity index (χ0n) is 16.6. The van der Waals surface area contributed by atoms with Gasteiger partial charge >= 0.3 is 12.4 Å². The summed E-state index contributed by atoms with van der Waals surface area (Å²) >= 11 is 14.3. The van der Waals surface area contributed by atoms with E-state index in [-0.39, 0.29) is 21.2 Å². The summed E-state index contributed by atoms with van der Waals surface area (Å²) in [6.07, 6.45) is -9.33. The molecule has 0 bridgehead atoms. The van der Waals surface area contributed by atoms with Crippen molar-refractivity contribution in [2.75, 3.05) is 6.54 Å². The highest BCUT2D eigenvalue weighted by Crippen LogP contribution is 2.39. The molecule has 184 valence electrons. The number of hydrogen-bond donors (Lipinski definition) is 1. The molecule has 0 aliphatic rings. The zero-order chi connectivity index (χ0) is 25.8. The molecule has 0 fully saturated rings. The lowest BCUT2D eigenvalue weighted by molar-refractivity contribution is -0.153. The van der Waals surface area contributed by atoms with Crippen molar-refractivity contribution < 1.29 is 40.3 Å². The van der Waals surface area contributed by atoms with Crippen LogP contribution >= 0.6 is 39.1 Å². The number of hydrogen-bond acceptors (Lipinski definition) is 2. The zero-order valence-corrected chi connectivity index (χ0v) is 19.7. The van der Waals surface area contributed by atoms with Crippen LogP contribution in [0.1, 0.15) is 33.8 Å². The molecule has 13 heteroatoms. The molecular weight excluding hydrogens is 582 g/mol. The second-order valence-electron chi connectivity index (χ2n) is 6.91. The lowest BCUT2D eigenvalue weighted by Gasteiger charge is -2.18. The third-order valence-electron chi connectivity index (χ3n) is 4.30. The van der Waals surface area contributed by atoms with Crippen molar-refractivity contribution in [1.29, 1.82) is 0 Å². The van der Waals surface area contributed by atoms with Gasteiger partial charge in [-0.2, -0.15) is 26.3 Å². The molecule has 2 aromatic rings. The average molecular weight is 595 g/mol. The maximum Gasteiger partial charge on any atom is 0.399 e. The molecule has 1 unspecified atom stereocenters. The number of benzene rings is 2. The summed E-state index contributed by atoms with van der Waals surface area (Å²) in [5.41, 5.74) is -0.160. The summed E-state index contributed by atoms with van der Waals surface area (Å²) in [6, 6.07) is 5.46. The van der Waals surface area contributed by atoms with Gasteiger partial charge in [0.15, 0.2) is 11.6 Å². The van der Waals surface area contributed by atoms with Crippen LogP contribution < -0.4 is 5.32 Å². The molecular formula is C21H13BrCl2F7NO2. The Hall–Kier alpha value is -2.11. The Kier molecular flexibility index (Phi) is 9.17. The summed E-state index contributed by atoms with van der Waals surface area (Å²) in [4.78, 5) is 23.4. The number of halogens is 10. The maximum atomic E-state index is 13.6. The van der Waals surface area contributed by atoms with E-state index in [1.165, 1.54) is 18.2 Å². The number of ketones is 1. The van der Waals surface area contributed by atoms with Gasteiger partial charge in [-0.25, -0.2) is 4.39 Å². The predicted molar refractivity (Wildman–Crippen MR) is 116 cm³/mol. The van der Waals surface area contributed by atoms with E-state index >= 15 is 0 Å². The summed E-state index contributed by atoms with van der Waals surface area (Å²) in [7, 11) is 0. The number of rotatable bonds is 7. The van der Waals surface area contributed by atoms with Crippen LogP contribution in [0.3, 0.4) is 0 Å². The smallest absolute Gasteiger partial charge is 0.348 e. The highest BCUT2D eigenvalue weighted by Gasteiger charge is 2.39. The Labute approximate surface area is 207 Å². The Balaban J connectivity index is 2.20. The van der Waals surface area contributed by atoms with Crippen LogP contribution in [0.5, 0.6) is 0 Å². The van der Waals surface area contributed by atoms with Crippen molar-refractivity contribution in [2.45, 2.75) is 24.7 Å². The average Bonchev–Trinajstić information content (AvgIpc) is 2.68. The van der Waals surface area contributed by atoms with E-state index in [2.05, 4.69) is 15.9 Å². The molecule has 1 atom stereocenters. The minimum Gasteiger partial charge on any atom is -0.348 e. The number of alkyl halides is 6. The molecule has 0 heterocycles. The first-order valence-electron chi connectivity index (χ1n) is 9.14. The van der Waals surface area contributed by atoms with Gasteiger partial charge in [0, 0.05) is 10.0 Å². The van der Waals surface area contributed by atoms with Crippen LogP contribution in [0.25, 0.3) is 6.08 Å². The van der Waals surface area contributed by atoms with Gasteiger partial charge in [0.2, 0.25) is 5.91 Å². The first kappa shape index (κ1) is 28.1. The summed E-state index contributed by atoms with van der Waals surface area (Å²) < 4.78 is 91.0. The number of amides is 1. The fourth-order valence-electron chi connectivity index (χ4n) is 2.75.